The van der Waals surface area contributed by atoms with E-state index < -0.39 is 22.2 Å². The summed E-state index contributed by atoms with van der Waals surface area (Å²) in [6.07, 6.45) is 2.57. The van der Waals surface area contributed by atoms with Crippen LogP contribution in [0.4, 0.5) is 5.69 Å². The van der Waals surface area contributed by atoms with Gasteiger partial charge in [0.25, 0.3) is 0 Å². The Hall–Kier alpha value is -1.11. The van der Waals surface area contributed by atoms with Crippen LogP contribution >= 0.6 is 0 Å². The quantitative estimate of drug-likeness (QED) is 0.737. The van der Waals surface area contributed by atoms with Crippen LogP contribution in [0.1, 0.15) is 36.8 Å². The summed E-state index contributed by atoms with van der Waals surface area (Å²) in [5, 5.41) is 9.88. The van der Waals surface area contributed by atoms with E-state index in [1.165, 1.54) is 6.07 Å². The van der Waals surface area contributed by atoms with E-state index in [9.17, 15) is 13.5 Å². The lowest BCUT2D eigenvalue weighted by Crippen LogP contribution is -2.44. The van der Waals surface area contributed by atoms with Gasteiger partial charge in [-0.3, -0.25) is 0 Å². The standard InChI is InChI=1S/C14H22N2O3S/c1-9-7-11(8-12(15)10(9)2)20(18,19)16-13-5-3-4-6-14(13)17/h7-8,13-14,16-17H,3-6,15H2,1-2H3. The summed E-state index contributed by atoms with van der Waals surface area (Å²) in [5.74, 6) is 0. The van der Waals surface area contributed by atoms with Gasteiger partial charge in [-0.25, -0.2) is 13.1 Å². The third-order valence-electron chi connectivity index (χ3n) is 4.03. The van der Waals surface area contributed by atoms with Gasteiger partial charge in [-0.15, -0.1) is 0 Å². The van der Waals surface area contributed by atoms with Crippen molar-refractivity contribution in [3.63, 3.8) is 0 Å². The second-order valence-corrected chi connectivity index (χ2v) is 7.25. The Kier molecular flexibility index (Phi) is 4.36. The van der Waals surface area contributed by atoms with Gasteiger partial charge in [0.1, 0.15) is 0 Å². The number of nitrogens with one attached hydrogen (secondary N) is 1. The van der Waals surface area contributed by atoms with Crippen LogP contribution in [-0.4, -0.2) is 25.7 Å². The van der Waals surface area contributed by atoms with Crippen LogP contribution in [0.15, 0.2) is 17.0 Å². The number of sulfonamides is 1. The lowest BCUT2D eigenvalue weighted by Gasteiger charge is -2.28. The Morgan fingerprint density at radius 2 is 1.90 bits per heavy atom. The van der Waals surface area contributed by atoms with Gasteiger partial charge >= 0.3 is 0 Å². The van der Waals surface area contributed by atoms with Crippen molar-refractivity contribution in [2.45, 2.75) is 56.6 Å². The molecule has 2 atom stereocenters. The highest BCUT2D eigenvalue weighted by atomic mass is 32.2. The lowest BCUT2D eigenvalue weighted by molar-refractivity contribution is 0.101. The minimum atomic E-state index is -3.64. The molecule has 112 valence electrons. The Bertz CT molecular complexity index is 575. The average Bonchev–Trinajstić information content (AvgIpc) is 2.38. The van der Waals surface area contributed by atoms with Crippen LogP contribution in [0.25, 0.3) is 0 Å². The number of rotatable bonds is 3. The lowest BCUT2D eigenvalue weighted by atomic mass is 9.93. The molecule has 0 saturated heterocycles. The molecule has 4 N–H and O–H groups in total. The number of hydrogen-bond acceptors (Lipinski definition) is 4. The Morgan fingerprint density at radius 1 is 1.25 bits per heavy atom. The summed E-state index contributed by atoms with van der Waals surface area (Å²) in [7, 11) is -3.64. The van der Waals surface area contributed by atoms with Crippen molar-refractivity contribution in [3.05, 3.63) is 23.3 Å². The highest BCUT2D eigenvalue weighted by Gasteiger charge is 2.28. The van der Waals surface area contributed by atoms with Crippen molar-refractivity contribution < 1.29 is 13.5 Å². The number of anilines is 1. The monoisotopic (exact) mass is 298 g/mol. The maximum Gasteiger partial charge on any atom is 0.240 e. The van der Waals surface area contributed by atoms with E-state index in [1.54, 1.807) is 6.07 Å². The number of nitrogen functional groups attached to an aromatic ring is 1. The fraction of sp³-hybridized carbons (Fsp3) is 0.571. The number of benzene rings is 1. The summed E-state index contributed by atoms with van der Waals surface area (Å²) < 4.78 is 27.4. The van der Waals surface area contributed by atoms with Crippen molar-refractivity contribution in [3.8, 4) is 0 Å². The van der Waals surface area contributed by atoms with Gasteiger partial charge in [0, 0.05) is 11.7 Å². The van der Waals surface area contributed by atoms with Gasteiger partial charge in [0.05, 0.1) is 11.0 Å². The van der Waals surface area contributed by atoms with Crippen molar-refractivity contribution >= 4 is 15.7 Å². The topological polar surface area (TPSA) is 92.4 Å². The Balaban J connectivity index is 2.26. The maximum atomic E-state index is 12.4. The molecule has 0 heterocycles. The van der Waals surface area contributed by atoms with E-state index in [2.05, 4.69) is 4.72 Å². The van der Waals surface area contributed by atoms with Gasteiger partial charge in [-0.05, 0) is 49.9 Å². The Labute approximate surface area is 120 Å². The molecule has 0 aliphatic heterocycles. The first kappa shape index (κ1) is 15.3. The first-order valence-corrected chi connectivity index (χ1v) is 8.36. The molecule has 2 unspecified atom stereocenters. The summed E-state index contributed by atoms with van der Waals surface area (Å²) >= 11 is 0. The van der Waals surface area contributed by atoms with E-state index in [0.717, 1.165) is 24.0 Å². The van der Waals surface area contributed by atoms with Crippen molar-refractivity contribution in [1.82, 2.24) is 4.72 Å². The largest absolute Gasteiger partial charge is 0.398 e. The minimum absolute atomic E-state index is 0.163. The van der Waals surface area contributed by atoms with Crippen molar-refractivity contribution in [2.24, 2.45) is 0 Å². The molecule has 20 heavy (non-hydrogen) atoms. The molecular formula is C14H22N2O3S. The van der Waals surface area contributed by atoms with Crippen LogP contribution in [0, 0.1) is 13.8 Å². The summed E-state index contributed by atoms with van der Waals surface area (Å²) in [6, 6.07) is 2.68. The molecule has 0 amide bonds. The molecule has 0 bridgehead atoms. The van der Waals surface area contributed by atoms with Crippen LogP contribution < -0.4 is 10.5 Å². The fourth-order valence-corrected chi connectivity index (χ4v) is 3.95. The summed E-state index contributed by atoms with van der Waals surface area (Å²) in [5.41, 5.74) is 8.04. The van der Waals surface area contributed by atoms with Gasteiger partial charge < -0.3 is 10.8 Å². The van der Waals surface area contributed by atoms with E-state index >= 15 is 0 Å². The van der Waals surface area contributed by atoms with Gasteiger partial charge in [-0.2, -0.15) is 0 Å². The molecule has 0 aromatic heterocycles. The molecule has 2 rings (SSSR count). The molecule has 0 radical (unpaired) electrons. The summed E-state index contributed by atoms with van der Waals surface area (Å²) in [6.45, 7) is 3.69. The third-order valence-corrected chi connectivity index (χ3v) is 5.50. The molecule has 1 aliphatic rings. The third kappa shape index (κ3) is 3.13. The summed E-state index contributed by atoms with van der Waals surface area (Å²) in [4.78, 5) is 0.163. The predicted molar refractivity (Wildman–Crippen MR) is 78.9 cm³/mol. The molecule has 1 aromatic carbocycles. The second-order valence-electron chi connectivity index (χ2n) is 5.53. The number of aryl methyl sites for hydroxylation is 1. The Morgan fingerprint density at radius 3 is 2.50 bits per heavy atom. The first-order valence-electron chi connectivity index (χ1n) is 6.88. The van der Waals surface area contributed by atoms with Crippen molar-refractivity contribution in [1.29, 1.82) is 0 Å². The zero-order valence-electron chi connectivity index (χ0n) is 11.9. The van der Waals surface area contributed by atoms with Crippen LogP contribution in [0.3, 0.4) is 0 Å². The normalized spacial score (nSPS) is 23.8. The SMILES string of the molecule is Cc1cc(S(=O)(=O)NC2CCCCC2O)cc(N)c1C. The molecule has 1 aliphatic carbocycles. The smallest absolute Gasteiger partial charge is 0.240 e. The predicted octanol–water partition coefficient (Wildman–Crippen LogP) is 1.47. The van der Waals surface area contributed by atoms with Gasteiger partial charge in [-0.1, -0.05) is 12.8 Å². The number of aliphatic hydroxyl groups is 1. The van der Waals surface area contributed by atoms with Crippen LogP contribution in [-0.2, 0) is 10.0 Å². The minimum Gasteiger partial charge on any atom is -0.398 e. The molecule has 0 spiro atoms. The van der Waals surface area contributed by atoms with E-state index in [0.29, 0.717) is 18.5 Å². The van der Waals surface area contributed by atoms with E-state index in [1.807, 2.05) is 13.8 Å². The molecular weight excluding hydrogens is 276 g/mol. The number of hydrogen-bond donors (Lipinski definition) is 3. The first-order chi connectivity index (χ1) is 9.31. The van der Waals surface area contributed by atoms with E-state index in [-0.39, 0.29) is 4.90 Å². The van der Waals surface area contributed by atoms with Crippen LogP contribution in [0.2, 0.25) is 0 Å². The average molecular weight is 298 g/mol. The molecule has 1 aromatic rings. The molecule has 1 saturated carbocycles. The molecule has 6 heteroatoms. The van der Waals surface area contributed by atoms with Crippen molar-refractivity contribution in [2.75, 3.05) is 5.73 Å². The second kappa shape index (κ2) is 5.71. The zero-order chi connectivity index (χ0) is 14.9. The van der Waals surface area contributed by atoms with Gasteiger partial charge in [0.15, 0.2) is 0 Å². The fourth-order valence-electron chi connectivity index (χ4n) is 2.52. The maximum absolute atomic E-state index is 12.4. The molecule has 1 fully saturated rings. The van der Waals surface area contributed by atoms with Gasteiger partial charge in [0.2, 0.25) is 10.0 Å². The highest BCUT2D eigenvalue weighted by Crippen LogP contribution is 2.24. The zero-order valence-corrected chi connectivity index (χ0v) is 12.7. The highest BCUT2D eigenvalue weighted by molar-refractivity contribution is 7.89. The number of nitrogens with two attached hydrogens (primary N) is 1. The van der Waals surface area contributed by atoms with E-state index in [4.69, 9.17) is 5.73 Å². The van der Waals surface area contributed by atoms with Crippen LogP contribution in [0.5, 0.6) is 0 Å². The molecule has 5 nitrogen and oxygen atoms in total. The number of aliphatic hydroxyl groups excluding tert-OH is 1.